The molecular formula is C15H10IrN. The molecule has 17 heavy (non-hydrogen) atoms. The third-order valence-corrected chi connectivity index (χ3v) is 3.77. The fourth-order valence-corrected chi connectivity index (χ4v) is 2.61. The Kier molecular flexibility index (Phi) is 2.76. The molecule has 0 N–H and O–H groups in total. The summed E-state index contributed by atoms with van der Waals surface area (Å²) in [5.41, 5.74) is 3.30. The molecular weight excluding hydrogens is 386 g/mol. The molecule has 1 aromatic heterocycles. The van der Waals surface area contributed by atoms with Crippen LogP contribution in [0.2, 0.25) is 0 Å². The van der Waals surface area contributed by atoms with Crippen molar-refractivity contribution in [1.82, 2.24) is 4.98 Å². The van der Waals surface area contributed by atoms with Crippen LogP contribution in [0.5, 0.6) is 0 Å². The van der Waals surface area contributed by atoms with Gasteiger partial charge in [-0.3, -0.25) is 0 Å². The summed E-state index contributed by atoms with van der Waals surface area (Å²) in [4.78, 5) is 4.71. The van der Waals surface area contributed by atoms with E-state index in [0.29, 0.717) is 0 Å². The molecule has 0 aliphatic heterocycles. The molecule has 0 saturated heterocycles. The maximum absolute atomic E-state index is 4.71. The Labute approximate surface area is 111 Å². The summed E-state index contributed by atoms with van der Waals surface area (Å²) < 4.78 is 1.26. The van der Waals surface area contributed by atoms with Crippen LogP contribution in [-0.2, 0) is 18.9 Å². The van der Waals surface area contributed by atoms with E-state index in [1.165, 1.54) is 15.0 Å². The van der Waals surface area contributed by atoms with Gasteiger partial charge in [0.05, 0.1) is 0 Å². The van der Waals surface area contributed by atoms with Gasteiger partial charge < -0.3 is 0 Å². The van der Waals surface area contributed by atoms with Crippen molar-refractivity contribution in [2.45, 2.75) is 0 Å². The van der Waals surface area contributed by atoms with Gasteiger partial charge in [0.15, 0.2) is 0 Å². The second kappa shape index (κ2) is 4.40. The molecule has 0 unspecified atom stereocenters. The van der Waals surface area contributed by atoms with Gasteiger partial charge in [0.2, 0.25) is 0 Å². The fraction of sp³-hybridized carbons (Fsp3) is 0. The number of hydrogen-bond acceptors (Lipinski definition) is 1. The van der Waals surface area contributed by atoms with Crippen molar-refractivity contribution in [3.8, 4) is 11.3 Å². The van der Waals surface area contributed by atoms with E-state index in [1.54, 1.807) is 0 Å². The predicted octanol–water partition coefficient (Wildman–Crippen LogP) is 3.07. The van der Waals surface area contributed by atoms with Gasteiger partial charge in [-0.15, -0.1) is 0 Å². The van der Waals surface area contributed by atoms with E-state index in [-0.39, 0.29) is 0 Å². The van der Waals surface area contributed by atoms with Crippen LogP contribution in [0.3, 0.4) is 0 Å². The van der Waals surface area contributed by atoms with Crippen molar-refractivity contribution in [2.24, 2.45) is 0 Å². The second-order valence-electron chi connectivity index (χ2n) is 3.84. The van der Waals surface area contributed by atoms with Crippen LogP contribution in [-0.4, -0.2) is 4.98 Å². The second-order valence-corrected chi connectivity index (χ2v) is 5.14. The van der Waals surface area contributed by atoms with Gasteiger partial charge in [-0.2, -0.15) is 0 Å². The van der Waals surface area contributed by atoms with E-state index in [9.17, 15) is 0 Å². The predicted molar refractivity (Wildman–Crippen MR) is 66.8 cm³/mol. The van der Waals surface area contributed by atoms with E-state index in [0.717, 1.165) is 11.2 Å². The van der Waals surface area contributed by atoms with Crippen LogP contribution >= 0.6 is 0 Å². The normalized spacial score (nSPS) is 10.7. The van der Waals surface area contributed by atoms with Crippen LogP contribution in [0.4, 0.5) is 0 Å². The third kappa shape index (κ3) is 2.02. The standard InChI is InChI=1S/C15H10N.Ir/c1-2-6-12(7-3-1)15-11-10-13-8-4-5-9-14(13)16-15;/h1-6,8-11H;. The van der Waals surface area contributed by atoms with Gasteiger partial charge in [-0.05, 0) is 0 Å². The first-order chi connectivity index (χ1) is 8.34. The van der Waals surface area contributed by atoms with Crippen molar-refractivity contribution in [2.75, 3.05) is 0 Å². The number of hydrogen-bond donors (Lipinski definition) is 0. The van der Waals surface area contributed by atoms with Gasteiger partial charge in [0.1, 0.15) is 0 Å². The van der Waals surface area contributed by atoms with Gasteiger partial charge >= 0.3 is 111 Å². The van der Waals surface area contributed by atoms with Crippen molar-refractivity contribution in [3.05, 3.63) is 60.7 Å². The van der Waals surface area contributed by atoms with Gasteiger partial charge in [-0.1, -0.05) is 0 Å². The van der Waals surface area contributed by atoms with Crippen LogP contribution in [0, 0.1) is 0 Å². The van der Waals surface area contributed by atoms with E-state index in [2.05, 4.69) is 67.4 Å². The molecule has 84 valence electrons. The van der Waals surface area contributed by atoms with E-state index < -0.39 is 0 Å². The molecule has 0 atom stereocenters. The van der Waals surface area contributed by atoms with Crippen LogP contribution in [0.25, 0.3) is 22.2 Å². The Morgan fingerprint density at radius 1 is 0.765 bits per heavy atom. The zero-order chi connectivity index (χ0) is 11.7. The molecule has 1 heterocycles. The molecule has 0 saturated carbocycles. The number of fused-ring (bicyclic) bond motifs is 1. The first-order valence-electron chi connectivity index (χ1n) is 5.43. The Hall–Kier alpha value is -1.50. The summed E-state index contributed by atoms with van der Waals surface area (Å²) in [6.45, 7) is 0. The fourth-order valence-electron chi connectivity index (χ4n) is 1.87. The zero-order valence-electron chi connectivity index (χ0n) is 9.05. The molecule has 2 heteroatoms. The molecule has 0 aliphatic rings. The molecule has 0 aliphatic carbocycles. The van der Waals surface area contributed by atoms with Crippen LogP contribution in [0.1, 0.15) is 0 Å². The topological polar surface area (TPSA) is 12.9 Å². The van der Waals surface area contributed by atoms with Crippen molar-refractivity contribution in [1.29, 1.82) is 0 Å². The summed E-state index contributed by atoms with van der Waals surface area (Å²) in [5, 5.41) is 1.19. The summed E-state index contributed by atoms with van der Waals surface area (Å²) in [7, 11) is 0. The number of nitrogens with zero attached hydrogens (tertiary/aromatic N) is 1. The van der Waals surface area contributed by atoms with E-state index >= 15 is 0 Å². The Balaban J connectivity index is 2.22. The Morgan fingerprint density at radius 2 is 1.53 bits per heavy atom. The molecule has 0 fully saturated rings. The quantitative estimate of drug-likeness (QED) is 0.616. The molecule has 2 aromatic carbocycles. The minimum atomic E-state index is 1.04. The van der Waals surface area contributed by atoms with Crippen molar-refractivity contribution in [3.63, 3.8) is 0 Å². The summed E-state index contributed by atoms with van der Waals surface area (Å²) in [5.74, 6) is 0. The summed E-state index contributed by atoms with van der Waals surface area (Å²) >= 11 is 2.12. The number of aromatic nitrogens is 1. The molecule has 0 radical (unpaired) electrons. The minimum absolute atomic E-state index is 1.04. The first kappa shape index (κ1) is 10.6. The third-order valence-electron chi connectivity index (χ3n) is 2.73. The SMILES string of the molecule is [Ir][c]1ccccc1-c1ccc2ccccc2n1. The number of benzene rings is 2. The van der Waals surface area contributed by atoms with Gasteiger partial charge in [-0.25, -0.2) is 0 Å². The average molecular weight is 396 g/mol. The summed E-state index contributed by atoms with van der Waals surface area (Å²) in [6, 6.07) is 20.8. The molecule has 1 nitrogen and oxygen atoms in total. The maximum atomic E-state index is 4.71. The van der Waals surface area contributed by atoms with E-state index in [4.69, 9.17) is 4.98 Å². The molecule has 3 rings (SSSR count). The van der Waals surface area contributed by atoms with E-state index in [1.807, 2.05) is 12.1 Å². The van der Waals surface area contributed by atoms with Crippen molar-refractivity contribution >= 4 is 15.0 Å². The number of para-hydroxylation sites is 1. The number of pyridine rings is 1. The monoisotopic (exact) mass is 397 g/mol. The molecule has 3 aromatic rings. The first-order valence-corrected chi connectivity index (χ1v) is 6.63. The Morgan fingerprint density at radius 3 is 2.41 bits per heavy atom. The zero-order valence-corrected chi connectivity index (χ0v) is 11.4. The molecule has 0 amide bonds. The van der Waals surface area contributed by atoms with Crippen LogP contribution in [0.15, 0.2) is 60.7 Å². The van der Waals surface area contributed by atoms with Crippen LogP contribution < -0.4 is 4.08 Å². The number of rotatable bonds is 1. The summed E-state index contributed by atoms with van der Waals surface area (Å²) in [6.07, 6.45) is 0. The average Bonchev–Trinajstić information content (AvgIpc) is 2.39. The Bertz CT molecular complexity index is 676. The van der Waals surface area contributed by atoms with Gasteiger partial charge in [0, 0.05) is 0 Å². The molecule has 0 bridgehead atoms. The van der Waals surface area contributed by atoms with Gasteiger partial charge in [0.25, 0.3) is 0 Å². The molecule has 0 spiro atoms. The van der Waals surface area contributed by atoms with Crippen molar-refractivity contribution < 1.29 is 18.9 Å².